The number of hydrogen-bond donors (Lipinski definition) is 1. The number of amides is 1. The van der Waals surface area contributed by atoms with Crippen LogP contribution in [0.25, 0.3) is 11.4 Å². The third-order valence-electron chi connectivity index (χ3n) is 4.50. The van der Waals surface area contributed by atoms with Crippen molar-refractivity contribution in [3.05, 3.63) is 65.1 Å². The number of carbonyl (C=O) groups is 1. The number of pyridine rings is 1. The van der Waals surface area contributed by atoms with Gasteiger partial charge >= 0.3 is 0 Å². The minimum atomic E-state index is -0.507. The maximum Gasteiger partial charge on any atom is 0.252 e. The van der Waals surface area contributed by atoms with Gasteiger partial charge in [-0.15, -0.1) is 0 Å². The SMILES string of the molecule is Cc1cc(F)cc(C(=O)N[C@@H](C)c2nc(-c3ccnc(C4CC4)c3)no2)c1. The highest BCUT2D eigenvalue weighted by atomic mass is 19.1. The van der Waals surface area contributed by atoms with Crippen molar-refractivity contribution in [2.75, 3.05) is 0 Å². The quantitative estimate of drug-likeness (QED) is 0.739. The minimum absolute atomic E-state index is 0.252. The third-order valence-corrected chi connectivity index (χ3v) is 4.50. The van der Waals surface area contributed by atoms with Gasteiger partial charge in [0.1, 0.15) is 11.9 Å². The molecule has 1 fully saturated rings. The lowest BCUT2D eigenvalue weighted by molar-refractivity contribution is 0.0932. The molecule has 1 aromatic carbocycles. The Labute approximate surface area is 155 Å². The molecule has 0 saturated heterocycles. The van der Waals surface area contributed by atoms with Crippen molar-refractivity contribution in [2.24, 2.45) is 0 Å². The first-order valence-electron chi connectivity index (χ1n) is 8.87. The Balaban J connectivity index is 1.49. The van der Waals surface area contributed by atoms with Crippen LogP contribution in [0.3, 0.4) is 0 Å². The van der Waals surface area contributed by atoms with Crippen LogP contribution in [0.15, 0.2) is 41.1 Å². The summed E-state index contributed by atoms with van der Waals surface area (Å²) in [5, 5.41) is 6.77. The number of rotatable bonds is 5. The van der Waals surface area contributed by atoms with Crippen LogP contribution in [0.4, 0.5) is 4.39 Å². The van der Waals surface area contributed by atoms with Crippen molar-refractivity contribution in [3.8, 4) is 11.4 Å². The van der Waals surface area contributed by atoms with Crippen molar-refractivity contribution < 1.29 is 13.7 Å². The third kappa shape index (κ3) is 3.86. The van der Waals surface area contributed by atoms with Gasteiger partial charge in [0.05, 0.1) is 0 Å². The number of aromatic nitrogens is 3. The smallest absolute Gasteiger partial charge is 0.252 e. The van der Waals surface area contributed by atoms with Crippen molar-refractivity contribution >= 4 is 5.91 Å². The van der Waals surface area contributed by atoms with Crippen molar-refractivity contribution in [1.82, 2.24) is 20.4 Å². The lowest BCUT2D eigenvalue weighted by atomic mass is 10.1. The molecule has 138 valence electrons. The molecule has 1 aliphatic rings. The van der Waals surface area contributed by atoms with E-state index in [9.17, 15) is 9.18 Å². The number of halogens is 1. The second kappa shape index (κ2) is 6.90. The molecule has 2 aromatic heterocycles. The molecule has 7 heteroatoms. The Morgan fingerprint density at radius 1 is 1.30 bits per heavy atom. The molecule has 1 amide bonds. The highest BCUT2D eigenvalue weighted by Gasteiger charge is 2.26. The fourth-order valence-corrected chi connectivity index (χ4v) is 2.93. The van der Waals surface area contributed by atoms with Crippen LogP contribution in [0.2, 0.25) is 0 Å². The first kappa shape index (κ1) is 17.3. The molecule has 0 unspecified atom stereocenters. The van der Waals surface area contributed by atoms with E-state index >= 15 is 0 Å². The molecule has 6 nitrogen and oxygen atoms in total. The van der Waals surface area contributed by atoms with Gasteiger partial charge in [-0.1, -0.05) is 5.16 Å². The van der Waals surface area contributed by atoms with Crippen LogP contribution in [-0.4, -0.2) is 21.0 Å². The number of aryl methyl sites for hydroxylation is 1. The fourth-order valence-electron chi connectivity index (χ4n) is 2.93. The number of nitrogens with one attached hydrogen (secondary N) is 1. The van der Waals surface area contributed by atoms with Gasteiger partial charge in [0, 0.05) is 28.9 Å². The van der Waals surface area contributed by atoms with E-state index in [2.05, 4.69) is 20.4 Å². The molecule has 0 radical (unpaired) electrons. The Bertz CT molecular complexity index is 977. The zero-order valence-electron chi connectivity index (χ0n) is 15.1. The Hall–Kier alpha value is -3.09. The molecule has 27 heavy (non-hydrogen) atoms. The van der Waals surface area contributed by atoms with Gasteiger partial charge in [-0.2, -0.15) is 4.98 Å². The van der Waals surface area contributed by atoms with Gasteiger partial charge in [-0.25, -0.2) is 4.39 Å². The predicted octanol–water partition coefficient (Wildman–Crippen LogP) is 3.95. The molecule has 3 aromatic rings. The number of nitrogens with zero attached hydrogens (tertiary/aromatic N) is 3. The summed E-state index contributed by atoms with van der Waals surface area (Å²) in [6, 6.07) is 7.50. The van der Waals surface area contributed by atoms with E-state index in [0.717, 1.165) is 24.1 Å². The predicted molar refractivity (Wildman–Crippen MR) is 96.5 cm³/mol. The normalized spacial score (nSPS) is 14.8. The lowest BCUT2D eigenvalue weighted by Gasteiger charge is -2.10. The average molecular weight is 366 g/mol. The molecule has 4 rings (SSSR count). The zero-order chi connectivity index (χ0) is 19.0. The summed E-state index contributed by atoms with van der Waals surface area (Å²) in [7, 11) is 0. The highest BCUT2D eigenvalue weighted by molar-refractivity contribution is 5.94. The molecule has 1 N–H and O–H groups in total. The summed E-state index contributed by atoms with van der Waals surface area (Å²) in [6.07, 6.45) is 4.07. The Morgan fingerprint density at radius 3 is 2.85 bits per heavy atom. The minimum Gasteiger partial charge on any atom is -0.341 e. The molecule has 2 heterocycles. The fraction of sp³-hybridized carbons (Fsp3) is 0.300. The van der Waals surface area contributed by atoms with Crippen molar-refractivity contribution in [1.29, 1.82) is 0 Å². The summed E-state index contributed by atoms with van der Waals surface area (Å²) in [6.45, 7) is 3.47. The average Bonchev–Trinajstić information content (AvgIpc) is 3.37. The molecule has 1 aliphatic carbocycles. The van der Waals surface area contributed by atoms with Crippen LogP contribution in [0.1, 0.15) is 59.2 Å². The molecule has 1 atom stereocenters. The van der Waals surface area contributed by atoms with Crippen LogP contribution >= 0.6 is 0 Å². The standard InChI is InChI=1S/C20H19FN4O2/c1-11-7-15(9-16(21)8-11)19(26)23-12(2)20-24-18(25-27-20)14-5-6-22-17(10-14)13-3-4-13/h5-10,12-13H,3-4H2,1-2H3,(H,23,26)/t12-/m0/s1. The topological polar surface area (TPSA) is 80.9 Å². The summed E-state index contributed by atoms with van der Waals surface area (Å²) in [4.78, 5) is 21.1. The highest BCUT2D eigenvalue weighted by Crippen LogP contribution is 2.39. The largest absolute Gasteiger partial charge is 0.341 e. The van der Waals surface area contributed by atoms with Crippen LogP contribution in [0, 0.1) is 12.7 Å². The molecular formula is C20H19FN4O2. The summed E-state index contributed by atoms with van der Waals surface area (Å²) in [5.74, 6) is 0.430. The van der Waals surface area contributed by atoms with Crippen LogP contribution in [-0.2, 0) is 0 Å². The number of benzene rings is 1. The van der Waals surface area contributed by atoms with E-state index in [-0.39, 0.29) is 11.5 Å². The second-order valence-corrected chi connectivity index (χ2v) is 6.91. The molecule has 1 saturated carbocycles. The van der Waals surface area contributed by atoms with Gasteiger partial charge < -0.3 is 9.84 Å². The van der Waals surface area contributed by atoms with Gasteiger partial charge in [-0.05, 0) is 62.6 Å². The first-order valence-corrected chi connectivity index (χ1v) is 8.87. The molecule has 0 aliphatic heterocycles. The van der Waals surface area contributed by atoms with E-state index in [0.29, 0.717) is 17.3 Å². The van der Waals surface area contributed by atoms with E-state index in [1.807, 2.05) is 12.1 Å². The van der Waals surface area contributed by atoms with E-state index in [1.54, 1.807) is 26.1 Å². The van der Waals surface area contributed by atoms with E-state index < -0.39 is 17.8 Å². The molecular weight excluding hydrogens is 347 g/mol. The Kier molecular flexibility index (Phi) is 4.43. The second-order valence-electron chi connectivity index (χ2n) is 6.91. The van der Waals surface area contributed by atoms with Gasteiger partial charge in [-0.3, -0.25) is 9.78 Å². The van der Waals surface area contributed by atoms with E-state index in [4.69, 9.17) is 4.52 Å². The summed E-state index contributed by atoms with van der Waals surface area (Å²) < 4.78 is 18.8. The Morgan fingerprint density at radius 2 is 2.11 bits per heavy atom. The van der Waals surface area contributed by atoms with Gasteiger partial charge in [0.15, 0.2) is 0 Å². The number of carbonyl (C=O) groups excluding carboxylic acids is 1. The molecule has 0 spiro atoms. The van der Waals surface area contributed by atoms with Gasteiger partial charge in [0.25, 0.3) is 5.91 Å². The molecule has 0 bridgehead atoms. The van der Waals surface area contributed by atoms with Crippen molar-refractivity contribution in [3.63, 3.8) is 0 Å². The zero-order valence-corrected chi connectivity index (χ0v) is 15.1. The summed E-state index contributed by atoms with van der Waals surface area (Å²) in [5.41, 5.74) is 2.81. The lowest BCUT2D eigenvalue weighted by Crippen LogP contribution is -2.27. The van der Waals surface area contributed by atoms with E-state index in [1.165, 1.54) is 12.1 Å². The van der Waals surface area contributed by atoms with Crippen LogP contribution < -0.4 is 5.32 Å². The first-order chi connectivity index (χ1) is 13.0. The summed E-state index contributed by atoms with van der Waals surface area (Å²) >= 11 is 0. The maximum atomic E-state index is 13.5. The van der Waals surface area contributed by atoms with Crippen molar-refractivity contribution in [2.45, 2.75) is 38.6 Å². The monoisotopic (exact) mass is 366 g/mol. The van der Waals surface area contributed by atoms with Gasteiger partial charge in [0.2, 0.25) is 11.7 Å². The maximum absolute atomic E-state index is 13.5. The van der Waals surface area contributed by atoms with Crippen LogP contribution in [0.5, 0.6) is 0 Å². The number of hydrogen-bond acceptors (Lipinski definition) is 5.